The summed E-state index contributed by atoms with van der Waals surface area (Å²) in [6, 6.07) is 6.86. The van der Waals surface area contributed by atoms with Gasteiger partial charge in [-0.25, -0.2) is 0 Å². The lowest BCUT2D eigenvalue weighted by atomic mass is 9.70. The minimum Gasteiger partial charge on any atom is -0.374 e. The Morgan fingerprint density at radius 2 is 2.32 bits per heavy atom. The third kappa shape index (κ3) is 2.13. The van der Waals surface area contributed by atoms with Crippen LogP contribution >= 0.6 is 0 Å². The summed E-state index contributed by atoms with van der Waals surface area (Å²) in [6.45, 7) is 0.580. The van der Waals surface area contributed by atoms with Crippen LogP contribution in [0.3, 0.4) is 0 Å². The van der Waals surface area contributed by atoms with Gasteiger partial charge in [0.05, 0.1) is 17.1 Å². The second-order valence-corrected chi connectivity index (χ2v) is 5.70. The maximum atomic E-state index is 10.8. The predicted octanol–water partition coefficient (Wildman–Crippen LogP) is 2.03. The van der Waals surface area contributed by atoms with E-state index in [2.05, 4.69) is 0 Å². The van der Waals surface area contributed by atoms with Crippen molar-refractivity contribution in [1.29, 1.82) is 0 Å². The van der Waals surface area contributed by atoms with Gasteiger partial charge in [-0.3, -0.25) is 10.1 Å². The number of rotatable bonds is 4. The average Bonchev–Trinajstić information content (AvgIpc) is 3.00. The summed E-state index contributed by atoms with van der Waals surface area (Å²) in [5.74, 6) is 0. The Bertz CT molecular complexity index is 505. The number of nitro benzene ring substituents is 1. The molecule has 2 aliphatic rings. The quantitative estimate of drug-likeness (QED) is 0.665. The first-order valence-electron chi connectivity index (χ1n) is 6.72. The number of hydrogen-bond acceptors (Lipinski definition) is 4. The molecule has 0 aromatic heterocycles. The maximum absolute atomic E-state index is 10.8. The molecular formula is C14H18N2O3. The van der Waals surface area contributed by atoms with Crippen molar-refractivity contribution in [3.63, 3.8) is 0 Å². The minimum atomic E-state index is -0.351. The fraction of sp³-hybridized carbons (Fsp3) is 0.571. The molecule has 2 saturated heterocycles. The number of benzene rings is 1. The van der Waals surface area contributed by atoms with E-state index in [4.69, 9.17) is 10.5 Å². The maximum Gasteiger partial charge on any atom is 0.269 e. The van der Waals surface area contributed by atoms with Crippen LogP contribution in [-0.2, 0) is 11.2 Å². The molecule has 2 N–H and O–H groups in total. The zero-order valence-electron chi connectivity index (χ0n) is 10.7. The first kappa shape index (κ1) is 12.6. The second kappa shape index (κ2) is 4.58. The monoisotopic (exact) mass is 262 g/mol. The van der Waals surface area contributed by atoms with E-state index < -0.39 is 0 Å². The highest BCUT2D eigenvalue weighted by molar-refractivity contribution is 5.35. The van der Waals surface area contributed by atoms with Crippen molar-refractivity contribution in [2.75, 3.05) is 6.54 Å². The highest BCUT2D eigenvalue weighted by atomic mass is 16.6. The van der Waals surface area contributed by atoms with Crippen LogP contribution in [0.2, 0.25) is 0 Å². The molecule has 5 nitrogen and oxygen atoms in total. The van der Waals surface area contributed by atoms with Crippen LogP contribution in [0.25, 0.3) is 0 Å². The van der Waals surface area contributed by atoms with E-state index in [1.807, 2.05) is 6.07 Å². The van der Waals surface area contributed by atoms with Crippen molar-refractivity contribution < 1.29 is 9.66 Å². The second-order valence-electron chi connectivity index (χ2n) is 5.70. The molecule has 3 unspecified atom stereocenters. The van der Waals surface area contributed by atoms with E-state index in [0.29, 0.717) is 12.6 Å². The van der Waals surface area contributed by atoms with E-state index in [1.165, 1.54) is 6.07 Å². The molecule has 2 bridgehead atoms. The zero-order valence-corrected chi connectivity index (χ0v) is 10.7. The molecule has 1 aromatic carbocycles. The molecule has 5 heteroatoms. The average molecular weight is 262 g/mol. The summed E-state index contributed by atoms with van der Waals surface area (Å²) in [6.07, 6.45) is 4.51. The molecule has 102 valence electrons. The zero-order chi connectivity index (χ0) is 13.5. The van der Waals surface area contributed by atoms with Gasteiger partial charge in [-0.15, -0.1) is 0 Å². The standard InChI is InChI=1S/C14H18N2O3/c15-9-14(8-12-4-5-13(14)19-12)7-10-2-1-3-11(6-10)16(17)18/h1-3,6,12-13H,4-5,7-9,15H2. The number of ether oxygens (including phenoxy) is 1. The van der Waals surface area contributed by atoms with Crippen molar-refractivity contribution in [2.45, 2.75) is 37.9 Å². The Morgan fingerprint density at radius 3 is 2.89 bits per heavy atom. The summed E-state index contributed by atoms with van der Waals surface area (Å²) < 4.78 is 5.92. The van der Waals surface area contributed by atoms with Crippen molar-refractivity contribution in [2.24, 2.45) is 11.1 Å². The lowest BCUT2D eigenvalue weighted by molar-refractivity contribution is -0.384. The number of nitrogens with zero attached hydrogens (tertiary/aromatic N) is 1. The summed E-state index contributed by atoms with van der Waals surface area (Å²) in [5.41, 5.74) is 7.09. The molecule has 0 radical (unpaired) electrons. The van der Waals surface area contributed by atoms with Crippen molar-refractivity contribution in [1.82, 2.24) is 0 Å². The molecule has 2 heterocycles. The summed E-state index contributed by atoms with van der Waals surface area (Å²) in [5, 5.41) is 10.8. The Hall–Kier alpha value is -1.46. The van der Waals surface area contributed by atoms with Crippen LogP contribution in [0, 0.1) is 15.5 Å². The molecule has 0 amide bonds. The van der Waals surface area contributed by atoms with Gasteiger partial charge in [-0.1, -0.05) is 12.1 Å². The summed E-state index contributed by atoms with van der Waals surface area (Å²) in [4.78, 5) is 10.5. The minimum absolute atomic E-state index is 0.0296. The molecule has 2 aliphatic heterocycles. The van der Waals surface area contributed by atoms with Crippen LogP contribution in [0.4, 0.5) is 5.69 Å². The van der Waals surface area contributed by atoms with E-state index in [-0.39, 0.29) is 22.1 Å². The highest BCUT2D eigenvalue weighted by Gasteiger charge is 2.51. The fourth-order valence-electron chi connectivity index (χ4n) is 3.55. The molecule has 1 aromatic rings. The van der Waals surface area contributed by atoms with Gasteiger partial charge in [0.1, 0.15) is 0 Å². The predicted molar refractivity (Wildman–Crippen MR) is 70.8 cm³/mol. The molecule has 0 aliphatic carbocycles. The first-order valence-corrected chi connectivity index (χ1v) is 6.72. The molecule has 0 spiro atoms. The van der Waals surface area contributed by atoms with E-state index in [9.17, 15) is 10.1 Å². The van der Waals surface area contributed by atoms with Gasteiger partial charge in [0, 0.05) is 24.1 Å². The topological polar surface area (TPSA) is 78.4 Å². The van der Waals surface area contributed by atoms with Crippen LogP contribution in [0.15, 0.2) is 24.3 Å². The van der Waals surface area contributed by atoms with E-state index in [0.717, 1.165) is 31.2 Å². The number of fused-ring (bicyclic) bond motifs is 2. The van der Waals surface area contributed by atoms with Crippen molar-refractivity contribution >= 4 is 5.69 Å². The van der Waals surface area contributed by atoms with E-state index >= 15 is 0 Å². The third-order valence-corrected chi connectivity index (χ3v) is 4.51. The van der Waals surface area contributed by atoms with Gasteiger partial charge < -0.3 is 10.5 Å². The number of non-ortho nitro benzene ring substituents is 1. The summed E-state index contributed by atoms with van der Waals surface area (Å²) in [7, 11) is 0. The van der Waals surface area contributed by atoms with Gasteiger partial charge in [-0.05, 0) is 31.2 Å². The highest BCUT2D eigenvalue weighted by Crippen LogP contribution is 2.49. The number of nitrogens with two attached hydrogens (primary N) is 1. The number of nitro groups is 1. The smallest absolute Gasteiger partial charge is 0.269 e. The Morgan fingerprint density at radius 1 is 1.47 bits per heavy atom. The van der Waals surface area contributed by atoms with Crippen LogP contribution in [0.1, 0.15) is 24.8 Å². The molecule has 19 heavy (non-hydrogen) atoms. The fourth-order valence-corrected chi connectivity index (χ4v) is 3.55. The van der Waals surface area contributed by atoms with Crippen LogP contribution in [-0.4, -0.2) is 23.7 Å². The van der Waals surface area contributed by atoms with Gasteiger partial charge in [0.15, 0.2) is 0 Å². The van der Waals surface area contributed by atoms with Crippen molar-refractivity contribution in [3.8, 4) is 0 Å². The van der Waals surface area contributed by atoms with Crippen molar-refractivity contribution in [3.05, 3.63) is 39.9 Å². The Labute approximate surface area is 111 Å². The third-order valence-electron chi connectivity index (χ3n) is 4.51. The van der Waals surface area contributed by atoms with E-state index in [1.54, 1.807) is 12.1 Å². The lowest BCUT2D eigenvalue weighted by Gasteiger charge is -2.34. The Balaban J connectivity index is 1.84. The largest absolute Gasteiger partial charge is 0.374 e. The molecule has 3 atom stereocenters. The molecule has 0 saturated carbocycles. The van der Waals surface area contributed by atoms with Gasteiger partial charge in [0.2, 0.25) is 0 Å². The van der Waals surface area contributed by atoms with Gasteiger partial charge in [-0.2, -0.15) is 0 Å². The first-order chi connectivity index (χ1) is 9.13. The van der Waals surface area contributed by atoms with Gasteiger partial charge in [0.25, 0.3) is 5.69 Å². The molecule has 3 rings (SSSR count). The number of hydrogen-bond donors (Lipinski definition) is 1. The molecular weight excluding hydrogens is 244 g/mol. The van der Waals surface area contributed by atoms with Gasteiger partial charge >= 0.3 is 0 Å². The van der Waals surface area contributed by atoms with Crippen LogP contribution in [0.5, 0.6) is 0 Å². The lowest BCUT2D eigenvalue weighted by Crippen LogP contribution is -2.41. The SMILES string of the molecule is NCC1(Cc2cccc([N+](=O)[O-])c2)CC2CCC1O2. The normalized spacial score (nSPS) is 32.7. The summed E-state index contributed by atoms with van der Waals surface area (Å²) >= 11 is 0. The Kier molecular flexibility index (Phi) is 3.03. The molecule has 2 fully saturated rings. The van der Waals surface area contributed by atoms with Crippen LogP contribution < -0.4 is 5.73 Å².